The van der Waals surface area contributed by atoms with Gasteiger partial charge >= 0.3 is 0 Å². The van der Waals surface area contributed by atoms with Crippen LogP contribution in [0.2, 0.25) is 0 Å². The second kappa shape index (κ2) is 8.65. The zero-order valence-corrected chi connectivity index (χ0v) is 14.2. The number of benzene rings is 2. The fourth-order valence-electron chi connectivity index (χ4n) is 2.36. The Labute approximate surface area is 147 Å². The normalized spacial score (nSPS) is 11.1. The average Bonchev–Trinajstić information content (AvgIpc) is 2.60. The zero-order valence-electron chi connectivity index (χ0n) is 14.2. The predicted molar refractivity (Wildman–Crippen MR) is 96.1 cm³/mol. The molecule has 0 aliphatic heterocycles. The fraction of sp³-hybridized carbons (Fsp3) is 0.200. The van der Waals surface area contributed by atoms with E-state index in [0.717, 1.165) is 5.56 Å². The van der Waals surface area contributed by atoms with Gasteiger partial charge in [0.05, 0.1) is 0 Å². The van der Waals surface area contributed by atoms with Gasteiger partial charge in [-0.05, 0) is 23.6 Å². The summed E-state index contributed by atoms with van der Waals surface area (Å²) in [5, 5.41) is 14.8. The standard InChI is InChI=1S/C20H20FN3O/c1-14(2)17-8-4-6-10-19(17)24-20(25)16(11-22)13-23-12-15-7-3-5-9-18(15)21/h3-10,13-14,23H,12H2,1-2H3,(H,24,25)/b16-13-. The van der Waals surface area contributed by atoms with Gasteiger partial charge in [0.1, 0.15) is 17.5 Å². The van der Waals surface area contributed by atoms with E-state index in [0.29, 0.717) is 11.3 Å². The van der Waals surface area contributed by atoms with Crippen LogP contribution in [0.1, 0.15) is 30.9 Å². The number of halogens is 1. The number of hydrogen-bond donors (Lipinski definition) is 2. The number of carbonyl (C=O) groups is 1. The van der Waals surface area contributed by atoms with Gasteiger partial charge in [-0.1, -0.05) is 50.2 Å². The molecule has 0 aromatic heterocycles. The lowest BCUT2D eigenvalue weighted by Crippen LogP contribution is -2.18. The van der Waals surface area contributed by atoms with Gasteiger partial charge in [-0.15, -0.1) is 0 Å². The molecule has 0 fully saturated rings. The molecule has 128 valence electrons. The number of nitrogens with zero attached hydrogens (tertiary/aromatic N) is 1. The summed E-state index contributed by atoms with van der Waals surface area (Å²) in [7, 11) is 0. The van der Waals surface area contributed by atoms with Crippen LogP contribution in [0.25, 0.3) is 0 Å². The lowest BCUT2D eigenvalue weighted by molar-refractivity contribution is -0.112. The van der Waals surface area contributed by atoms with E-state index in [1.165, 1.54) is 12.3 Å². The zero-order chi connectivity index (χ0) is 18.2. The molecule has 0 radical (unpaired) electrons. The minimum atomic E-state index is -0.503. The van der Waals surface area contributed by atoms with E-state index >= 15 is 0 Å². The molecule has 0 atom stereocenters. The quantitative estimate of drug-likeness (QED) is 0.616. The highest BCUT2D eigenvalue weighted by molar-refractivity contribution is 6.06. The maximum absolute atomic E-state index is 13.6. The third-order valence-corrected chi connectivity index (χ3v) is 3.69. The molecule has 1 amide bonds. The summed E-state index contributed by atoms with van der Waals surface area (Å²) in [6.45, 7) is 4.25. The third kappa shape index (κ3) is 4.92. The van der Waals surface area contributed by atoms with Crippen molar-refractivity contribution in [3.8, 4) is 6.07 Å². The molecular formula is C20H20FN3O. The molecule has 0 saturated heterocycles. The Kier molecular flexibility index (Phi) is 6.30. The van der Waals surface area contributed by atoms with E-state index < -0.39 is 5.91 Å². The largest absolute Gasteiger partial charge is 0.385 e. The molecule has 0 aliphatic carbocycles. The van der Waals surface area contributed by atoms with Crippen molar-refractivity contribution in [1.29, 1.82) is 5.26 Å². The van der Waals surface area contributed by atoms with Crippen LogP contribution in [0.3, 0.4) is 0 Å². The Morgan fingerprint density at radius 3 is 2.56 bits per heavy atom. The fourth-order valence-corrected chi connectivity index (χ4v) is 2.36. The number of rotatable bonds is 6. The van der Waals surface area contributed by atoms with Crippen LogP contribution in [0.15, 0.2) is 60.3 Å². The summed E-state index contributed by atoms with van der Waals surface area (Å²) in [5.41, 5.74) is 2.06. The molecule has 0 saturated carbocycles. The summed E-state index contributed by atoms with van der Waals surface area (Å²) in [4.78, 5) is 12.3. The molecule has 25 heavy (non-hydrogen) atoms. The molecule has 2 aromatic carbocycles. The highest BCUT2D eigenvalue weighted by atomic mass is 19.1. The van der Waals surface area contributed by atoms with E-state index in [1.807, 2.05) is 38.1 Å². The van der Waals surface area contributed by atoms with E-state index in [2.05, 4.69) is 10.6 Å². The number of carbonyl (C=O) groups excluding carboxylic acids is 1. The molecule has 4 nitrogen and oxygen atoms in total. The summed E-state index contributed by atoms with van der Waals surface area (Å²) in [6, 6.07) is 15.7. The lowest BCUT2D eigenvalue weighted by Gasteiger charge is -2.13. The number of para-hydroxylation sites is 1. The van der Waals surface area contributed by atoms with E-state index in [9.17, 15) is 14.4 Å². The van der Waals surface area contributed by atoms with Gasteiger partial charge in [0, 0.05) is 24.0 Å². The van der Waals surface area contributed by atoms with Gasteiger partial charge in [-0.3, -0.25) is 4.79 Å². The van der Waals surface area contributed by atoms with Crippen LogP contribution in [-0.4, -0.2) is 5.91 Å². The molecule has 0 heterocycles. The monoisotopic (exact) mass is 337 g/mol. The maximum atomic E-state index is 13.6. The van der Waals surface area contributed by atoms with Crippen molar-refractivity contribution in [3.63, 3.8) is 0 Å². The van der Waals surface area contributed by atoms with Crippen LogP contribution >= 0.6 is 0 Å². The molecule has 5 heteroatoms. The lowest BCUT2D eigenvalue weighted by atomic mass is 10.0. The number of hydrogen-bond acceptors (Lipinski definition) is 3. The summed E-state index contributed by atoms with van der Waals surface area (Å²) >= 11 is 0. The first kappa shape index (κ1) is 18.2. The third-order valence-electron chi connectivity index (χ3n) is 3.69. The number of nitriles is 1. The highest BCUT2D eigenvalue weighted by Crippen LogP contribution is 2.23. The Balaban J connectivity index is 2.06. The van der Waals surface area contributed by atoms with Crippen LogP contribution in [-0.2, 0) is 11.3 Å². The van der Waals surface area contributed by atoms with Gasteiger partial charge in [-0.25, -0.2) is 4.39 Å². The van der Waals surface area contributed by atoms with Crippen molar-refractivity contribution in [3.05, 3.63) is 77.2 Å². The van der Waals surface area contributed by atoms with Crippen molar-refractivity contribution in [2.75, 3.05) is 5.32 Å². The van der Waals surface area contributed by atoms with Crippen molar-refractivity contribution < 1.29 is 9.18 Å². The number of nitrogens with one attached hydrogen (secondary N) is 2. The molecule has 2 rings (SSSR count). The maximum Gasteiger partial charge on any atom is 0.267 e. The van der Waals surface area contributed by atoms with E-state index in [-0.39, 0.29) is 23.9 Å². The topological polar surface area (TPSA) is 64.9 Å². The Morgan fingerprint density at radius 2 is 1.88 bits per heavy atom. The van der Waals surface area contributed by atoms with E-state index in [1.54, 1.807) is 24.3 Å². The summed E-state index contributed by atoms with van der Waals surface area (Å²) < 4.78 is 13.6. The minimum Gasteiger partial charge on any atom is -0.385 e. The molecule has 2 aromatic rings. The molecule has 0 bridgehead atoms. The Morgan fingerprint density at radius 1 is 1.20 bits per heavy atom. The first-order valence-corrected chi connectivity index (χ1v) is 8.00. The highest BCUT2D eigenvalue weighted by Gasteiger charge is 2.13. The van der Waals surface area contributed by atoms with Crippen LogP contribution < -0.4 is 10.6 Å². The van der Waals surface area contributed by atoms with Gasteiger partial charge in [-0.2, -0.15) is 5.26 Å². The summed E-state index contributed by atoms with van der Waals surface area (Å²) in [5.74, 6) is -0.598. The van der Waals surface area contributed by atoms with Crippen LogP contribution in [0, 0.1) is 17.1 Å². The Bertz CT molecular complexity index is 822. The second-order valence-corrected chi connectivity index (χ2v) is 5.84. The van der Waals surface area contributed by atoms with Crippen molar-refractivity contribution in [2.24, 2.45) is 0 Å². The first-order chi connectivity index (χ1) is 12.0. The molecule has 0 unspecified atom stereocenters. The van der Waals surface area contributed by atoms with Gasteiger partial charge in [0.15, 0.2) is 0 Å². The average molecular weight is 337 g/mol. The number of amides is 1. The van der Waals surface area contributed by atoms with Gasteiger partial charge < -0.3 is 10.6 Å². The number of anilines is 1. The first-order valence-electron chi connectivity index (χ1n) is 8.00. The van der Waals surface area contributed by atoms with Crippen molar-refractivity contribution in [2.45, 2.75) is 26.3 Å². The molecule has 0 spiro atoms. The van der Waals surface area contributed by atoms with Crippen molar-refractivity contribution in [1.82, 2.24) is 5.32 Å². The minimum absolute atomic E-state index is 0.0742. The molecular weight excluding hydrogens is 317 g/mol. The van der Waals surface area contributed by atoms with Crippen LogP contribution in [0.4, 0.5) is 10.1 Å². The van der Waals surface area contributed by atoms with Crippen LogP contribution in [0.5, 0.6) is 0 Å². The van der Waals surface area contributed by atoms with Crippen molar-refractivity contribution >= 4 is 11.6 Å². The Hall–Kier alpha value is -3.13. The predicted octanol–water partition coefficient (Wildman–Crippen LogP) is 4.08. The van der Waals surface area contributed by atoms with Gasteiger partial charge in [0.25, 0.3) is 5.91 Å². The molecule has 2 N–H and O–H groups in total. The van der Waals surface area contributed by atoms with E-state index in [4.69, 9.17) is 0 Å². The SMILES string of the molecule is CC(C)c1ccccc1NC(=O)/C(C#N)=C\NCc1ccccc1F. The van der Waals surface area contributed by atoms with Gasteiger partial charge in [0.2, 0.25) is 0 Å². The second-order valence-electron chi connectivity index (χ2n) is 5.84. The summed E-state index contributed by atoms with van der Waals surface area (Å²) in [6.07, 6.45) is 1.31. The smallest absolute Gasteiger partial charge is 0.267 e. The molecule has 0 aliphatic rings.